The zero-order valence-corrected chi connectivity index (χ0v) is 9.37. The number of nitrogens with one attached hydrogen (secondary N) is 1. The van der Waals surface area contributed by atoms with Gasteiger partial charge in [-0.1, -0.05) is 12.1 Å². The zero-order valence-electron chi connectivity index (χ0n) is 9.37. The molecule has 0 saturated heterocycles. The van der Waals surface area contributed by atoms with E-state index in [1.807, 2.05) is 12.1 Å². The van der Waals surface area contributed by atoms with Crippen LogP contribution in [0.2, 0.25) is 0 Å². The Morgan fingerprint density at radius 1 is 1.31 bits per heavy atom. The summed E-state index contributed by atoms with van der Waals surface area (Å²) >= 11 is 0. The summed E-state index contributed by atoms with van der Waals surface area (Å²) in [4.78, 5) is 0. The monoisotopic (exact) mass is 219 g/mol. The molecule has 0 fully saturated rings. The number of ether oxygens (including phenoxy) is 2. The Kier molecular flexibility index (Phi) is 3.83. The second-order valence-corrected chi connectivity index (χ2v) is 3.78. The average Bonchev–Trinajstić information content (AvgIpc) is 2.76. The van der Waals surface area contributed by atoms with E-state index in [1.165, 1.54) is 5.56 Å². The quantitative estimate of drug-likeness (QED) is 0.587. The molecule has 86 valence electrons. The van der Waals surface area contributed by atoms with Gasteiger partial charge in [-0.25, -0.2) is 0 Å². The molecule has 16 heavy (non-hydrogen) atoms. The van der Waals surface area contributed by atoms with Gasteiger partial charge >= 0.3 is 0 Å². The predicted molar refractivity (Wildman–Crippen MR) is 64.0 cm³/mol. The minimum Gasteiger partial charge on any atom is -0.454 e. The standard InChI is InChI=1S/C13H17NO2/c1-2-7-14-8-3-4-11-5-6-12-13(9-11)16-10-15-12/h2,5-6,9,14H,1,3-4,7-8,10H2. The maximum atomic E-state index is 5.33. The van der Waals surface area contributed by atoms with Crippen LogP contribution >= 0.6 is 0 Å². The molecule has 0 radical (unpaired) electrons. The summed E-state index contributed by atoms with van der Waals surface area (Å²) in [6.07, 6.45) is 4.05. The molecule has 1 aliphatic heterocycles. The highest BCUT2D eigenvalue weighted by Crippen LogP contribution is 2.32. The summed E-state index contributed by atoms with van der Waals surface area (Å²) in [5.74, 6) is 1.73. The van der Waals surface area contributed by atoms with Crippen LogP contribution in [-0.4, -0.2) is 19.9 Å². The number of hydrogen-bond donors (Lipinski definition) is 1. The summed E-state index contributed by atoms with van der Waals surface area (Å²) in [7, 11) is 0. The second-order valence-electron chi connectivity index (χ2n) is 3.78. The Morgan fingerprint density at radius 2 is 2.19 bits per heavy atom. The van der Waals surface area contributed by atoms with Gasteiger partial charge in [-0.3, -0.25) is 0 Å². The van der Waals surface area contributed by atoms with Crippen molar-refractivity contribution in [3.05, 3.63) is 36.4 Å². The van der Waals surface area contributed by atoms with Crippen molar-refractivity contribution >= 4 is 0 Å². The minimum absolute atomic E-state index is 0.347. The molecule has 1 heterocycles. The number of fused-ring (bicyclic) bond motifs is 1. The molecule has 0 amide bonds. The van der Waals surface area contributed by atoms with Crippen LogP contribution in [-0.2, 0) is 6.42 Å². The second kappa shape index (κ2) is 5.56. The molecule has 0 spiro atoms. The Labute approximate surface area is 96.1 Å². The van der Waals surface area contributed by atoms with Crippen molar-refractivity contribution in [1.29, 1.82) is 0 Å². The molecule has 0 aliphatic carbocycles. The van der Waals surface area contributed by atoms with Gasteiger partial charge in [0, 0.05) is 6.54 Å². The van der Waals surface area contributed by atoms with Gasteiger partial charge in [0.1, 0.15) is 0 Å². The largest absolute Gasteiger partial charge is 0.454 e. The van der Waals surface area contributed by atoms with Crippen molar-refractivity contribution < 1.29 is 9.47 Å². The van der Waals surface area contributed by atoms with Gasteiger partial charge in [0.2, 0.25) is 6.79 Å². The van der Waals surface area contributed by atoms with Crippen molar-refractivity contribution in [2.45, 2.75) is 12.8 Å². The number of aryl methyl sites for hydroxylation is 1. The lowest BCUT2D eigenvalue weighted by atomic mass is 10.1. The number of benzene rings is 1. The lowest BCUT2D eigenvalue weighted by molar-refractivity contribution is 0.174. The summed E-state index contributed by atoms with van der Waals surface area (Å²) in [6, 6.07) is 6.14. The summed E-state index contributed by atoms with van der Waals surface area (Å²) in [6.45, 7) is 5.90. The first kappa shape index (κ1) is 11.0. The van der Waals surface area contributed by atoms with Gasteiger partial charge < -0.3 is 14.8 Å². The molecule has 1 N–H and O–H groups in total. The zero-order chi connectivity index (χ0) is 11.2. The fraction of sp³-hybridized carbons (Fsp3) is 0.385. The van der Waals surface area contributed by atoms with E-state index in [1.54, 1.807) is 0 Å². The normalized spacial score (nSPS) is 12.8. The van der Waals surface area contributed by atoms with Gasteiger partial charge in [-0.2, -0.15) is 0 Å². The topological polar surface area (TPSA) is 30.5 Å². The van der Waals surface area contributed by atoms with E-state index in [-0.39, 0.29) is 0 Å². The molecule has 0 saturated carbocycles. The van der Waals surface area contributed by atoms with Crippen LogP contribution in [0.4, 0.5) is 0 Å². The van der Waals surface area contributed by atoms with Crippen LogP contribution in [0.25, 0.3) is 0 Å². The minimum atomic E-state index is 0.347. The Hall–Kier alpha value is -1.48. The summed E-state index contributed by atoms with van der Waals surface area (Å²) < 4.78 is 10.6. The highest BCUT2D eigenvalue weighted by molar-refractivity contribution is 5.44. The third-order valence-electron chi connectivity index (χ3n) is 2.54. The molecule has 1 aromatic carbocycles. The summed E-state index contributed by atoms with van der Waals surface area (Å²) in [5.41, 5.74) is 1.30. The molecule has 0 aromatic heterocycles. The van der Waals surface area contributed by atoms with Crippen molar-refractivity contribution in [3.63, 3.8) is 0 Å². The molecular formula is C13H17NO2. The maximum absolute atomic E-state index is 5.33. The van der Waals surface area contributed by atoms with E-state index >= 15 is 0 Å². The first-order chi connectivity index (χ1) is 7.90. The Morgan fingerprint density at radius 3 is 3.06 bits per heavy atom. The molecular weight excluding hydrogens is 202 g/mol. The molecule has 1 aliphatic rings. The predicted octanol–water partition coefficient (Wildman–Crippen LogP) is 2.12. The lowest BCUT2D eigenvalue weighted by Crippen LogP contribution is -2.15. The third kappa shape index (κ3) is 2.76. The molecule has 0 atom stereocenters. The SMILES string of the molecule is C=CCNCCCc1ccc2c(c1)OCO2. The summed E-state index contributed by atoms with van der Waals surface area (Å²) in [5, 5.41) is 3.28. The van der Waals surface area contributed by atoms with Crippen LogP contribution in [0.3, 0.4) is 0 Å². The van der Waals surface area contributed by atoms with Crippen LogP contribution in [0.1, 0.15) is 12.0 Å². The van der Waals surface area contributed by atoms with Crippen LogP contribution < -0.4 is 14.8 Å². The molecule has 2 rings (SSSR count). The van der Waals surface area contributed by atoms with Crippen molar-refractivity contribution in [3.8, 4) is 11.5 Å². The van der Waals surface area contributed by atoms with Gasteiger partial charge in [0.05, 0.1) is 0 Å². The van der Waals surface area contributed by atoms with Crippen LogP contribution in [0.15, 0.2) is 30.9 Å². The molecule has 0 bridgehead atoms. The Balaban J connectivity index is 1.79. The van der Waals surface area contributed by atoms with E-state index in [2.05, 4.69) is 24.0 Å². The highest BCUT2D eigenvalue weighted by atomic mass is 16.7. The van der Waals surface area contributed by atoms with Gasteiger partial charge in [0.25, 0.3) is 0 Å². The molecule has 0 unspecified atom stereocenters. The molecule has 3 nitrogen and oxygen atoms in total. The lowest BCUT2D eigenvalue weighted by Gasteiger charge is -2.03. The van der Waals surface area contributed by atoms with E-state index in [0.29, 0.717) is 6.79 Å². The van der Waals surface area contributed by atoms with Gasteiger partial charge in [-0.05, 0) is 37.1 Å². The maximum Gasteiger partial charge on any atom is 0.231 e. The fourth-order valence-electron chi connectivity index (χ4n) is 1.72. The van der Waals surface area contributed by atoms with Crippen LogP contribution in [0.5, 0.6) is 11.5 Å². The number of hydrogen-bond acceptors (Lipinski definition) is 3. The fourth-order valence-corrected chi connectivity index (χ4v) is 1.72. The van der Waals surface area contributed by atoms with E-state index in [9.17, 15) is 0 Å². The molecule has 1 aromatic rings. The van der Waals surface area contributed by atoms with E-state index < -0.39 is 0 Å². The average molecular weight is 219 g/mol. The molecule has 3 heteroatoms. The first-order valence-electron chi connectivity index (χ1n) is 5.60. The Bertz CT molecular complexity index is 363. The third-order valence-corrected chi connectivity index (χ3v) is 2.54. The van der Waals surface area contributed by atoms with Crippen molar-refractivity contribution in [2.24, 2.45) is 0 Å². The smallest absolute Gasteiger partial charge is 0.231 e. The van der Waals surface area contributed by atoms with Gasteiger partial charge in [-0.15, -0.1) is 6.58 Å². The first-order valence-corrected chi connectivity index (χ1v) is 5.60. The number of rotatable bonds is 6. The van der Waals surface area contributed by atoms with Crippen molar-refractivity contribution in [2.75, 3.05) is 19.9 Å². The highest BCUT2D eigenvalue weighted by Gasteiger charge is 2.12. The van der Waals surface area contributed by atoms with E-state index in [4.69, 9.17) is 9.47 Å². The van der Waals surface area contributed by atoms with Gasteiger partial charge in [0.15, 0.2) is 11.5 Å². The van der Waals surface area contributed by atoms with E-state index in [0.717, 1.165) is 37.4 Å². The van der Waals surface area contributed by atoms with Crippen LogP contribution in [0, 0.1) is 0 Å². The van der Waals surface area contributed by atoms with Crippen molar-refractivity contribution in [1.82, 2.24) is 5.32 Å².